The van der Waals surface area contributed by atoms with Crippen LogP contribution in [0.25, 0.3) is 0 Å². The van der Waals surface area contributed by atoms with Crippen LogP contribution in [-0.2, 0) is 19.1 Å². The number of hydrogen-bond donors (Lipinski definition) is 1. The van der Waals surface area contributed by atoms with Crippen LogP contribution in [0.1, 0.15) is 194 Å². The molecule has 1 unspecified atom stereocenters. The molecule has 64 heavy (non-hydrogen) atoms. The van der Waals surface area contributed by atoms with E-state index < -0.39 is 6.10 Å². The highest BCUT2D eigenvalue weighted by molar-refractivity contribution is 5.70. The molecular weight excluding hydrogens is 789 g/mol. The van der Waals surface area contributed by atoms with E-state index in [1.54, 1.807) is 0 Å². The van der Waals surface area contributed by atoms with Crippen LogP contribution < -0.4 is 0 Å². The first-order valence-corrected chi connectivity index (χ1v) is 25.4. The third-order valence-corrected chi connectivity index (χ3v) is 10.1. The van der Waals surface area contributed by atoms with Crippen molar-refractivity contribution >= 4 is 11.9 Å². The van der Waals surface area contributed by atoms with Crippen molar-refractivity contribution in [2.24, 2.45) is 0 Å². The van der Waals surface area contributed by atoms with E-state index in [0.717, 1.165) is 128 Å². The lowest BCUT2D eigenvalue weighted by atomic mass is 10.1. The predicted molar refractivity (Wildman–Crippen MR) is 278 cm³/mol. The summed E-state index contributed by atoms with van der Waals surface area (Å²) in [6, 6.07) is 0. The van der Waals surface area contributed by atoms with Crippen LogP contribution in [-0.4, -0.2) is 36.4 Å². The normalized spacial score (nSPS) is 13.5. The average molecular weight is 881 g/mol. The van der Waals surface area contributed by atoms with Crippen LogP contribution in [0.15, 0.2) is 146 Å². The Hall–Kier alpha value is -4.22. The van der Waals surface area contributed by atoms with Gasteiger partial charge in [-0.3, -0.25) is 9.59 Å². The Labute approximate surface area is 393 Å². The van der Waals surface area contributed by atoms with E-state index in [1.807, 2.05) is 0 Å². The predicted octanol–water partition coefficient (Wildman–Crippen LogP) is 17.1. The molecule has 0 aromatic heterocycles. The van der Waals surface area contributed by atoms with Crippen molar-refractivity contribution in [2.75, 3.05) is 13.2 Å². The monoisotopic (exact) mass is 881 g/mol. The second kappa shape index (κ2) is 53.1. The summed E-state index contributed by atoms with van der Waals surface area (Å²) in [4.78, 5) is 24.2. The van der Waals surface area contributed by atoms with E-state index in [2.05, 4.69) is 160 Å². The Morgan fingerprint density at radius 2 is 0.672 bits per heavy atom. The highest BCUT2D eigenvalue weighted by Crippen LogP contribution is 2.12. The molecule has 0 rings (SSSR count). The second-order valence-corrected chi connectivity index (χ2v) is 16.2. The Morgan fingerprint density at radius 3 is 1.02 bits per heavy atom. The smallest absolute Gasteiger partial charge is 0.306 e. The molecular formula is C59H92O5. The van der Waals surface area contributed by atoms with Crippen LogP contribution in [0, 0.1) is 0 Å². The fraction of sp³-hybridized carbons (Fsp3) is 0.559. The topological polar surface area (TPSA) is 72.8 Å². The molecule has 0 spiro atoms. The fourth-order valence-electron chi connectivity index (χ4n) is 6.36. The molecule has 0 saturated heterocycles. The number of rotatable bonds is 44. The number of carbonyl (C=O) groups is 2. The van der Waals surface area contributed by atoms with Crippen LogP contribution in [0.2, 0.25) is 0 Å². The van der Waals surface area contributed by atoms with Crippen molar-refractivity contribution in [3.8, 4) is 0 Å². The van der Waals surface area contributed by atoms with Gasteiger partial charge in [-0.15, -0.1) is 0 Å². The van der Waals surface area contributed by atoms with E-state index in [-0.39, 0.29) is 25.2 Å². The Balaban J connectivity index is 3.69. The Bertz CT molecular complexity index is 1410. The maximum Gasteiger partial charge on any atom is 0.306 e. The van der Waals surface area contributed by atoms with Gasteiger partial charge < -0.3 is 14.6 Å². The van der Waals surface area contributed by atoms with E-state index in [4.69, 9.17) is 9.47 Å². The Morgan fingerprint density at radius 1 is 0.375 bits per heavy atom. The van der Waals surface area contributed by atoms with Crippen molar-refractivity contribution in [3.63, 3.8) is 0 Å². The van der Waals surface area contributed by atoms with E-state index in [1.165, 1.54) is 38.5 Å². The quantitative estimate of drug-likeness (QED) is 0.0375. The minimum atomic E-state index is -0.791. The molecule has 5 heteroatoms. The van der Waals surface area contributed by atoms with Gasteiger partial charge in [0.15, 0.2) is 6.10 Å². The highest BCUT2D eigenvalue weighted by atomic mass is 16.6. The molecule has 358 valence electrons. The van der Waals surface area contributed by atoms with Gasteiger partial charge in [0, 0.05) is 12.8 Å². The summed E-state index contributed by atoms with van der Waals surface area (Å²) in [5.41, 5.74) is 0. The van der Waals surface area contributed by atoms with E-state index in [0.29, 0.717) is 12.8 Å². The number of carbonyl (C=O) groups excluding carboxylic acids is 2. The third-order valence-electron chi connectivity index (χ3n) is 10.1. The fourth-order valence-corrected chi connectivity index (χ4v) is 6.36. The van der Waals surface area contributed by atoms with Gasteiger partial charge in [-0.1, -0.05) is 224 Å². The summed E-state index contributed by atoms with van der Waals surface area (Å²) in [7, 11) is 0. The number of hydrogen-bond acceptors (Lipinski definition) is 5. The van der Waals surface area contributed by atoms with Crippen LogP contribution in [0.3, 0.4) is 0 Å². The number of allylic oxidation sites excluding steroid dienone is 24. The molecule has 0 aliphatic heterocycles. The lowest BCUT2D eigenvalue weighted by molar-refractivity contribution is -0.161. The van der Waals surface area contributed by atoms with Crippen molar-refractivity contribution in [1.82, 2.24) is 0 Å². The van der Waals surface area contributed by atoms with Gasteiger partial charge in [-0.05, 0) is 103 Å². The SMILES string of the molecule is CC/C=C\C/C=C\C/C=C\C/C=C\C/C=C\C/C=C\C/C=C\C/C=C\C/C=C\C/C=C\C/C=C\C/C=C\CCCCCCC(=O)OC(CO)COC(=O)CCCCCCCCCCC. The zero-order valence-corrected chi connectivity index (χ0v) is 40.7. The molecule has 1 N–H and O–H groups in total. The van der Waals surface area contributed by atoms with Crippen molar-refractivity contribution in [2.45, 2.75) is 200 Å². The average Bonchev–Trinajstić information content (AvgIpc) is 3.30. The molecule has 0 fully saturated rings. The van der Waals surface area contributed by atoms with Crippen LogP contribution in [0.4, 0.5) is 0 Å². The molecule has 0 bridgehead atoms. The Kier molecular flexibility index (Phi) is 49.6. The van der Waals surface area contributed by atoms with E-state index in [9.17, 15) is 14.7 Å². The summed E-state index contributed by atoms with van der Waals surface area (Å²) < 4.78 is 10.6. The van der Waals surface area contributed by atoms with Gasteiger partial charge in [0.1, 0.15) is 6.61 Å². The van der Waals surface area contributed by atoms with Crippen LogP contribution in [0.5, 0.6) is 0 Å². The molecule has 0 saturated carbocycles. The first-order valence-electron chi connectivity index (χ1n) is 25.4. The van der Waals surface area contributed by atoms with Gasteiger partial charge in [0.2, 0.25) is 0 Å². The van der Waals surface area contributed by atoms with Gasteiger partial charge in [-0.25, -0.2) is 0 Å². The van der Waals surface area contributed by atoms with E-state index >= 15 is 0 Å². The minimum absolute atomic E-state index is 0.0832. The molecule has 0 radical (unpaired) electrons. The number of esters is 2. The van der Waals surface area contributed by atoms with Gasteiger partial charge in [0.25, 0.3) is 0 Å². The maximum atomic E-state index is 12.2. The maximum absolute atomic E-state index is 12.2. The summed E-state index contributed by atoms with van der Waals surface area (Å²) in [6.07, 6.45) is 81.0. The highest BCUT2D eigenvalue weighted by Gasteiger charge is 2.16. The molecule has 0 aliphatic carbocycles. The summed E-state index contributed by atoms with van der Waals surface area (Å²) >= 11 is 0. The first-order chi connectivity index (χ1) is 31.6. The second-order valence-electron chi connectivity index (χ2n) is 16.2. The van der Waals surface area contributed by atoms with Crippen molar-refractivity contribution < 1.29 is 24.2 Å². The van der Waals surface area contributed by atoms with Crippen molar-refractivity contribution in [3.05, 3.63) is 146 Å². The summed E-state index contributed by atoms with van der Waals surface area (Å²) in [5.74, 6) is -0.634. The van der Waals surface area contributed by atoms with Gasteiger partial charge in [0.05, 0.1) is 6.61 Å². The van der Waals surface area contributed by atoms with Gasteiger partial charge >= 0.3 is 11.9 Å². The lowest BCUT2D eigenvalue weighted by Gasteiger charge is -2.15. The van der Waals surface area contributed by atoms with Crippen LogP contribution >= 0.6 is 0 Å². The standard InChI is InChI=1S/C59H92O5/c1-3-5-7-9-11-13-14-15-16-17-18-19-20-21-22-23-24-25-26-27-28-29-30-31-32-33-34-35-36-37-38-39-40-41-42-43-44-46-48-50-52-54-59(62)64-57(55-60)56-63-58(61)53-51-49-47-45-12-10-8-6-4-2/h5,7,11,13,15-16,18-19,21-22,24-25,27-28,30-31,33-34,36-37,39-40,42-43,57,60H,3-4,6,8-10,12,14,17,20,23,26,29,32,35,38,41,44-56H2,1-2H3/b7-5-,13-11-,16-15-,19-18-,22-21-,25-24-,28-27-,31-30-,34-33-,37-36-,40-39-,43-42-. The largest absolute Gasteiger partial charge is 0.462 e. The molecule has 1 atom stereocenters. The lowest BCUT2D eigenvalue weighted by Crippen LogP contribution is -2.28. The number of aliphatic hydroxyl groups is 1. The first kappa shape index (κ1) is 59.8. The molecule has 5 nitrogen and oxygen atoms in total. The minimum Gasteiger partial charge on any atom is -0.462 e. The molecule has 0 aliphatic rings. The summed E-state index contributed by atoms with van der Waals surface area (Å²) in [6.45, 7) is 3.96. The molecule has 0 amide bonds. The zero-order valence-electron chi connectivity index (χ0n) is 40.7. The summed E-state index contributed by atoms with van der Waals surface area (Å²) in [5, 5.41) is 9.56. The third kappa shape index (κ3) is 50.4. The van der Waals surface area contributed by atoms with Crippen molar-refractivity contribution in [1.29, 1.82) is 0 Å². The number of aliphatic hydroxyl groups excluding tert-OH is 1. The molecule has 0 aromatic carbocycles. The zero-order chi connectivity index (χ0) is 46.3. The number of unbranched alkanes of at least 4 members (excludes halogenated alkanes) is 12. The number of ether oxygens (including phenoxy) is 2. The molecule has 0 heterocycles. The molecule has 0 aromatic rings. The van der Waals surface area contributed by atoms with Gasteiger partial charge in [-0.2, -0.15) is 0 Å².